The Bertz CT molecular complexity index is 919. The van der Waals surface area contributed by atoms with Crippen molar-refractivity contribution in [2.45, 2.75) is 45.5 Å². The maximum Gasteiger partial charge on any atom is 0.416 e. The lowest BCUT2D eigenvalue weighted by Gasteiger charge is -2.36. The molecule has 0 aromatic heterocycles. The Morgan fingerprint density at radius 2 is 1.55 bits per heavy atom. The zero-order valence-corrected chi connectivity index (χ0v) is 16.4. The van der Waals surface area contributed by atoms with Crippen LogP contribution in [0.1, 0.15) is 44.2 Å². The molecule has 0 heterocycles. The molecule has 2 fully saturated rings. The second-order valence-corrected chi connectivity index (χ2v) is 10.0. The highest BCUT2D eigenvalue weighted by atomic mass is 32.2. The van der Waals surface area contributed by atoms with Crippen LogP contribution in [0.5, 0.6) is 0 Å². The Labute approximate surface area is 163 Å². The number of nitrogens with one attached hydrogen (secondary N) is 1. The largest absolute Gasteiger partial charge is 0.416 e. The number of carbonyl (C=O) groups excluding carboxylic acids is 1. The second kappa shape index (κ2) is 6.36. The van der Waals surface area contributed by atoms with Gasteiger partial charge < -0.3 is 0 Å². The van der Waals surface area contributed by atoms with Crippen molar-refractivity contribution in [3.05, 3.63) is 29.3 Å². The molecule has 4 nitrogen and oxygen atoms in total. The van der Waals surface area contributed by atoms with Gasteiger partial charge in [-0.1, -0.05) is 13.8 Å². The summed E-state index contributed by atoms with van der Waals surface area (Å²) in [6.07, 6.45) is -8.99. The summed E-state index contributed by atoms with van der Waals surface area (Å²) in [7, 11) is -4.40. The topological polar surface area (TPSA) is 63.2 Å². The van der Waals surface area contributed by atoms with Gasteiger partial charge in [0.25, 0.3) is 0 Å². The molecule has 0 aliphatic heterocycles. The number of sulfonamides is 1. The van der Waals surface area contributed by atoms with E-state index in [2.05, 4.69) is 0 Å². The minimum atomic E-state index is -5.10. The minimum Gasteiger partial charge on any atom is -0.299 e. The van der Waals surface area contributed by atoms with Crippen LogP contribution in [0.15, 0.2) is 18.2 Å². The first-order valence-electron chi connectivity index (χ1n) is 8.81. The third-order valence-corrected chi connectivity index (χ3v) is 7.86. The van der Waals surface area contributed by atoms with Crippen molar-refractivity contribution in [2.24, 2.45) is 16.7 Å². The Kier molecular flexibility index (Phi) is 4.80. The lowest BCUT2D eigenvalue weighted by atomic mass is 9.70. The smallest absolute Gasteiger partial charge is 0.299 e. The number of alkyl halides is 6. The number of rotatable bonds is 4. The van der Waals surface area contributed by atoms with Crippen molar-refractivity contribution >= 4 is 21.5 Å². The molecule has 1 N–H and O–H groups in total. The quantitative estimate of drug-likeness (QED) is 0.676. The molecular formula is C18H19F6NO3S. The normalized spacial score (nSPS) is 26.8. The fraction of sp³-hybridized carbons (Fsp3) is 0.611. The van der Waals surface area contributed by atoms with Gasteiger partial charge in [0.05, 0.1) is 22.3 Å². The van der Waals surface area contributed by atoms with E-state index in [9.17, 15) is 39.6 Å². The van der Waals surface area contributed by atoms with Gasteiger partial charge in [-0.05, 0) is 42.4 Å². The summed E-state index contributed by atoms with van der Waals surface area (Å²) in [5, 5.41) is 0. The summed E-state index contributed by atoms with van der Waals surface area (Å²) in [5.41, 5.74) is -5.91. The first-order valence-corrected chi connectivity index (χ1v) is 10.5. The Balaban J connectivity index is 1.96. The van der Waals surface area contributed by atoms with E-state index in [0.717, 1.165) is 0 Å². The number of anilines is 1. The third-order valence-electron chi connectivity index (χ3n) is 6.44. The lowest BCUT2D eigenvalue weighted by molar-refractivity contribution is -0.143. The predicted molar refractivity (Wildman–Crippen MR) is 92.4 cm³/mol. The van der Waals surface area contributed by atoms with Gasteiger partial charge in [0.15, 0.2) is 0 Å². The number of Topliss-reactive ketones (excluding diaryl/α,β-unsaturated/α-hetero) is 1. The number of benzene rings is 1. The molecule has 2 bridgehead atoms. The van der Waals surface area contributed by atoms with Crippen molar-refractivity contribution in [1.82, 2.24) is 0 Å². The molecular weight excluding hydrogens is 424 g/mol. The van der Waals surface area contributed by atoms with Crippen LogP contribution >= 0.6 is 0 Å². The molecule has 29 heavy (non-hydrogen) atoms. The molecule has 2 unspecified atom stereocenters. The summed E-state index contributed by atoms with van der Waals surface area (Å²) in [6.45, 7) is 3.55. The van der Waals surface area contributed by atoms with Crippen LogP contribution in [0, 0.1) is 16.7 Å². The van der Waals surface area contributed by atoms with Gasteiger partial charge in [-0.3, -0.25) is 9.52 Å². The van der Waals surface area contributed by atoms with Crippen LogP contribution in [0.2, 0.25) is 0 Å². The molecule has 1 aromatic rings. The standard InChI is InChI=1S/C18H19F6NO3S/c1-15(2)10-3-4-16(15,14(26)8-10)9-29(27,28)25-13-6-11(17(19,20)21)5-12(7-13)18(22,23)24/h5-7,10,25H,3-4,8-9H2,1-2H3. The number of hydrogen-bond acceptors (Lipinski definition) is 3. The number of carbonyl (C=O) groups is 1. The van der Waals surface area contributed by atoms with E-state index < -0.39 is 55.8 Å². The first-order chi connectivity index (χ1) is 13.0. The van der Waals surface area contributed by atoms with Crippen LogP contribution in [0.25, 0.3) is 0 Å². The summed E-state index contributed by atoms with van der Waals surface area (Å²) >= 11 is 0. The maximum atomic E-state index is 13.0. The van der Waals surface area contributed by atoms with E-state index in [1.165, 1.54) is 0 Å². The highest BCUT2D eigenvalue weighted by Crippen LogP contribution is 2.64. The fourth-order valence-electron chi connectivity index (χ4n) is 4.66. The van der Waals surface area contributed by atoms with E-state index in [-0.39, 0.29) is 24.2 Å². The summed E-state index contributed by atoms with van der Waals surface area (Å²) in [6, 6.07) is 0.536. The van der Waals surface area contributed by atoms with E-state index in [1.807, 2.05) is 4.72 Å². The van der Waals surface area contributed by atoms with E-state index in [0.29, 0.717) is 25.0 Å². The third kappa shape index (κ3) is 3.73. The predicted octanol–water partition coefficient (Wildman–Crippen LogP) is 4.86. The molecule has 0 spiro atoms. The van der Waals surface area contributed by atoms with Crippen molar-refractivity contribution in [2.75, 3.05) is 10.5 Å². The van der Waals surface area contributed by atoms with Crippen molar-refractivity contribution in [1.29, 1.82) is 0 Å². The van der Waals surface area contributed by atoms with E-state index >= 15 is 0 Å². The Morgan fingerprint density at radius 3 is 1.93 bits per heavy atom. The van der Waals surface area contributed by atoms with Crippen molar-refractivity contribution in [3.8, 4) is 0 Å². The number of fused-ring (bicyclic) bond motifs is 2. The minimum absolute atomic E-state index is 0.00980. The van der Waals surface area contributed by atoms with Gasteiger partial charge in [-0.15, -0.1) is 0 Å². The molecule has 0 saturated heterocycles. The molecule has 2 atom stereocenters. The summed E-state index contributed by atoms with van der Waals surface area (Å²) < 4.78 is 105. The Hall–Kier alpha value is -1.78. The average molecular weight is 443 g/mol. The number of ketones is 1. The van der Waals surface area contributed by atoms with Gasteiger partial charge in [0, 0.05) is 12.1 Å². The molecule has 3 rings (SSSR count). The maximum absolute atomic E-state index is 13.0. The second-order valence-electron chi connectivity index (χ2n) is 8.32. The van der Waals surface area contributed by atoms with Gasteiger partial charge in [0.1, 0.15) is 5.78 Å². The average Bonchev–Trinajstić information content (AvgIpc) is 2.86. The monoisotopic (exact) mass is 443 g/mol. The van der Waals surface area contributed by atoms with Crippen LogP contribution in [0.4, 0.5) is 32.0 Å². The van der Waals surface area contributed by atoms with Crippen LogP contribution in [-0.2, 0) is 27.2 Å². The van der Waals surface area contributed by atoms with Crippen LogP contribution in [0.3, 0.4) is 0 Å². The zero-order chi connectivity index (χ0) is 22.0. The van der Waals surface area contributed by atoms with Crippen LogP contribution in [-0.4, -0.2) is 20.0 Å². The van der Waals surface area contributed by atoms with Gasteiger partial charge in [-0.2, -0.15) is 26.3 Å². The lowest BCUT2D eigenvalue weighted by Crippen LogP contribution is -2.43. The highest BCUT2D eigenvalue weighted by Gasteiger charge is 2.65. The molecule has 2 aliphatic rings. The fourth-order valence-corrected chi connectivity index (χ4v) is 6.54. The Morgan fingerprint density at radius 1 is 1.03 bits per heavy atom. The number of halogens is 6. The molecule has 0 radical (unpaired) electrons. The molecule has 1 aromatic carbocycles. The highest BCUT2D eigenvalue weighted by molar-refractivity contribution is 7.92. The molecule has 162 valence electrons. The molecule has 11 heteroatoms. The zero-order valence-electron chi connectivity index (χ0n) is 15.5. The molecule has 2 aliphatic carbocycles. The van der Waals surface area contributed by atoms with Crippen LogP contribution < -0.4 is 4.72 Å². The van der Waals surface area contributed by atoms with Gasteiger partial charge in [-0.25, -0.2) is 8.42 Å². The van der Waals surface area contributed by atoms with E-state index in [1.54, 1.807) is 13.8 Å². The SMILES string of the molecule is CC1(C)C2CCC1(CS(=O)(=O)Nc1cc(C(F)(F)F)cc(C(F)(F)F)c1)C(=O)C2. The molecule has 0 amide bonds. The van der Waals surface area contributed by atoms with Crippen molar-refractivity contribution < 1.29 is 39.6 Å². The number of hydrogen-bond donors (Lipinski definition) is 1. The van der Waals surface area contributed by atoms with Crippen molar-refractivity contribution in [3.63, 3.8) is 0 Å². The summed E-state index contributed by atoms with van der Waals surface area (Å²) in [4.78, 5) is 12.5. The van der Waals surface area contributed by atoms with Gasteiger partial charge in [0.2, 0.25) is 10.0 Å². The first kappa shape index (κ1) is 21.9. The molecule has 2 saturated carbocycles. The summed E-state index contributed by atoms with van der Waals surface area (Å²) in [5.74, 6) is -0.903. The van der Waals surface area contributed by atoms with Gasteiger partial charge >= 0.3 is 12.4 Å². The van der Waals surface area contributed by atoms with E-state index in [4.69, 9.17) is 0 Å².